The minimum atomic E-state index is -0.0104. The number of benzene rings is 2. The normalized spacial score (nSPS) is 10.3. The Kier molecular flexibility index (Phi) is 4.41. The number of aryl methyl sites for hydroxylation is 3. The number of carbonyl (C=O) groups is 1. The van der Waals surface area contributed by atoms with Crippen LogP contribution in [-0.2, 0) is 11.2 Å². The van der Waals surface area contributed by atoms with E-state index in [0.29, 0.717) is 17.8 Å². The van der Waals surface area contributed by atoms with Gasteiger partial charge < -0.3 is 11.1 Å². The van der Waals surface area contributed by atoms with E-state index in [2.05, 4.69) is 24.4 Å². The zero-order valence-electron chi connectivity index (χ0n) is 11.9. The van der Waals surface area contributed by atoms with Gasteiger partial charge in [-0.3, -0.25) is 4.79 Å². The molecule has 0 atom stereocenters. The summed E-state index contributed by atoms with van der Waals surface area (Å²) in [5, 5.41) is 2.87. The maximum absolute atomic E-state index is 12.0. The number of hydrogen-bond donors (Lipinski definition) is 2. The van der Waals surface area contributed by atoms with Crippen molar-refractivity contribution in [3.05, 3.63) is 59.2 Å². The van der Waals surface area contributed by atoms with Crippen LogP contribution in [0.3, 0.4) is 0 Å². The lowest BCUT2D eigenvalue weighted by Crippen LogP contribution is -2.13. The number of hydrogen-bond acceptors (Lipinski definition) is 2. The molecule has 3 N–H and O–H groups in total. The van der Waals surface area contributed by atoms with Gasteiger partial charge in [0.25, 0.3) is 0 Å². The summed E-state index contributed by atoms with van der Waals surface area (Å²) >= 11 is 0. The Morgan fingerprint density at radius 1 is 1.10 bits per heavy atom. The van der Waals surface area contributed by atoms with E-state index in [-0.39, 0.29) is 5.91 Å². The van der Waals surface area contributed by atoms with E-state index in [9.17, 15) is 4.79 Å². The Hall–Kier alpha value is -2.29. The summed E-state index contributed by atoms with van der Waals surface area (Å²) in [5.74, 6) is -0.0104. The zero-order chi connectivity index (χ0) is 14.5. The third kappa shape index (κ3) is 3.85. The van der Waals surface area contributed by atoms with Gasteiger partial charge in [-0.05, 0) is 43.5 Å². The summed E-state index contributed by atoms with van der Waals surface area (Å²) in [4.78, 5) is 12.0. The highest BCUT2D eigenvalue weighted by molar-refractivity contribution is 5.94. The van der Waals surface area contributed by atoms with Crippen molar-refractivity contribution in [3.8, 4) is 0 Å². The molecule has 2 aromatic carbocycles. The van der Waals surface area contributed by atoms with Gasteiger partial charge in [0.05, 0.1) is 11.4 Å². The topological polar surface area (TPSA) is 55.1 Å². The second kappa shape index (κ2) is 6.24. The SMILES string of the molecule is Cc1cccc(CCC(=O)Nc2cc(C)ccc2N)c1. The van der Waals surface area contributed by atoms with Crippen molar-refractivity contribution in [2.75, 3.05) is 11.1 Å². The molecule has 2 rings (SSSR count). The molecule has 0 fully saturated rings. The van der Waals surface area contributed by atoms with Crippen LogP contribution in [0.2, 0.25) is 0 Å². The van der Waals surface area contributed by atoms with Crippen molar-refractivity contribution in [3.63, 3.8) is 0 Å². The van der Waals surface area contributed by atoms with Crippen molar-refractivity contribution in [1.29, 1.82) is 0 Å². The molecule has 0 aliphatic rings. The number of nitrogens with two attached hydrogens (primary N) is 1. The van der Waals surface area contributed by atoms with Crippen LogP contribution in [0.4, 0.5) is 11.4 Å². The molecular weight excluding hydrogens is 248 g/mol. The van der Waals surface area contributed by atoms with Crippen LogP contribution < -0.4 is 11.1 Å². The van der Waals surface area contributed by atoms with Crippen LogP contribution in [0.25, 0.3) is 0 Å². The first-order valence-electron chi connectivity index (χ1n) is 6.76. The van der Waals surface area contributed by atoms with Crippen LogP contribution in [0.1, 0.15) is 23.1 Å². The molecule has 2 aromatic rings. The maximum atomic E-state index is 12.0. The standard InChI is InChI=1S/C17H20N2O/c1-12-4-3-5-14(10-12)7-9-17(20)19-16-11-13(2)6-8-15(16)18/h3-6,8,10-11H,7,9,18H2,1-2H3,(H,19,20). The Labute approximate surface area is 119 Å². The Morgan fingerprint density at radius 3 is 2.60 bits per heavy atom. The second-order valence-electron chi connectivity index (χ2n) is 5.13. The first-order chi connectivity index (χ1) is 9.54. The number of nitrogen functional groups attached to an aromatic ring is 1. The van der Waals surface area contributed by atoms with Gasteiger partial charge in [0.15, 0.2) is 0 Å². The highest BCUT2D eigenvalue weighted by Gasteiger charge is 2.06. The summed E-state index contributed by atoms with van der Waals surface area (Å²) in [5.41, 5.74) is 10.6. The highest BCUT2D eigenvalue weighted by Crippen LogP contribution is 2.20. The van der Waals surface area contributed by atoms with Crippen LogP contribution in [0.5, 0.6) is 0 Å². The van der Waals surface area contributed by atoms with Crippen molar-refractivity contribution in [1.82, 2.24) is 0 Å². The fourth-order valence-electron chi connectivity index (χ4n) is 2.12. The van der Waals surface area contributed by atoms with E-state index in [1.54, 1.807) is 0 Å². The molecule has 0 bridgehead atoms. The predicted octanol–water partition coefficient (Wildman–Crippen LogP) is 3.46. The van der Waals surface area contributed by atoms with Crippen LogP contribution >= 0.6 is 0 Å². The molecule has 0 unspecified atom stereocenters. The zero-order valence-corrected chi connectivity index (χ0v) is 11.9. The quantitative estimate of drug-likeness (QED) is 0.834. The average molecular weight is 268 g/mol. The van der Waals surface area contributed by atoms with Gasteiger partial charge in [-0.15, -0.1) is 0 Å². The molecule has 0 radical (unpaired) electrons. The first kappa shape index (κ1) is 14.1. The number of carbonyl (C=O) groups excluding carboxylic acids is 1. The molecule has 0 heterocycles. The van der Waals surface area contributed by atoms with Crippen molar-refractivity contribution < 1.29 is 4.79 Å². The number of amides is 1. The fraction of sp³-hybridized carbons (Fsp3) is 0.235. The monoisotopic (exact) mass is 268 g/mol. The van der Waals surface area contributed by atoms with Gasteiger partial charge in [-0.1, -0.05) is 35.9 Å². The van der Waals surface area contributed by atoms with E-state index in [0.717, 1.165) is 12.0 Å². The molecule has 0 aliphatic heterocycles. The molecule has 0 aliphatic carbocycles. The van der Waals surface area contributed by atoms with Gasteiger partial charge in [0.1, 0.15) is 0 Å². The highest BCUT2D eigenvalue weighted by atomic mass is 16.1. The molecule has 0 aromatic heterocycles. The smallest absolute Gasteiger partial charge is 0.224 e. The van der Waals surface area contributed by atoms with Gasteiger partial charge in [-0.25, -0.2) is 0 Å². The Balaban J connectivity index is 1.94. The molecule has 104 valence electrons. The van der Waals surface area contributed by atoms with Crippen LogP contribution in [-0.4, -0.2) is 5.91 Å². The Bertz CT molecular complexity index is 620. The summed E-state index contributed by atoms with van der Waals surface area (Å²) in [6.45, 7) is 4.03. The van der Waals surface area contributed by atoms with E-state index >= 15 is 0 Å². The predicted molar refractivity (Wildman–Crippen MR) is 83.7 cm³/mol. The average Bonchev–Trinajstić information content (AvgIpc) is 2.41. The molecule has 20 heavy (non-hydrogen) atoms. The Morgan fingerprint density at radius 2 is 1.85 bits per heavy atom. The molecule has 0 saturated heterocycles. The molecule has 0 saturated carbocycles. The number of nitrogens with one attached hydrogen (secondary N) is 1. The number of anilines is 2. The van der Waals surface area contributed by atoms with E-state index < -0.39 is 0 Å². The largest absolute Gasteiger partial charge is 0.397 e. The van der Waals surface area contributed by atoms with E-state index in [4.69, 9.17) is 5.73 Å². The van der Waals surface area contributed by atoms with E-state index in [1.165, 1.54) is 11.1 Å². The summed E-state index contributed by atoms with van der Waals surface area (Å²) in [6, 6.07) is 13.8. The minimum absolute atomic E-state index is 0.0104. The maximum Gasteiger partial charge on any atom is 0.224 e. The summed E-state index contributed by atoms with van der Waals surface area (Å²) < 4.78 is 0. The van der Waals surface area contributed by atoms with Crippen molar-refractivity contribution >= 4 is 17.3 Å². The van der Waals surface area contributed by atoms with Gasteiger partial charge in [-0.2, -0.15) is 0 Å². The summed E-state index contributed by atoms with van der Waals surface area (Å²) in [7, 11) is 0. The van der Waals surface area contributed by atoms with Crippen LogP contribution in [0.15, 0.2) is 42.5 Å². The third-order valence-electron chi connectivity index (χ3n) is 3.21. The molecule has 0 spiro atoms. The fourth-order valence-corrected chi connectivity index (χ4v) is 2.12. The molecule has 3 heteroatoms. The first-order valence-corrected chi connectivity index (χ1v) is 6.76. The van der Waals surface area contributed by atoms with Gasteiger partial charge in [0.2, 0.25) is 5.91 Å². The van der Waals surface area contributed by atoms with Crippen molar-refractivity contribution in [2.24, 2.45) is 0 Å². The molecule has 3 nitrogen and oxygen atoms in total. The van der Waals surface area contributed by atoms with Crippen molar-refractivity contribution in [2.45, 2.75) is 26.7 Å². The summed E-state index contributed by atoms with van der Waals surface area (Å²) in [6.07, 6.45) is 1.19. The van der Waals surface area contributed by atoms with Gasteiger partial charge >= 0.3 is 0 Å². The second-order valence-corrected chi connectivity index (χ2v) is 5.13. The third-order valence-corrected chi connectivity index (χ3v) is 3.21. The lowest BCUT2D eigenvalue weighted by Gasteiger charge is -2.09. The lowest BCUT2D eigenvalue weighted by molar-refractivity contribution is -0.116. The van der Waals surface area contributed by atoms with E-state index in [1.807, 2.05) is 37.3 Å². The van der Waals surface area contributed by atoms with Gasteiger partial charge in [0, 0.05) is 6.42 Å². The molecule has 1 amide bonds. The molecular formula is C17H20N2O. The lowest BCUT2D eigenvalue weighted by atomic mass is 10.1. The van der Waals surface area contributed by atoms with Crippen LogP contribution in [0, 0.1) is 13.8 Å². The number of rotatable bonds is 4. The minimum Gasteiger partial charge on any atom is -0.397 e.